The average Bonchev–Trinajstić information content (AvgIpc) is 3.45. The lowest BCUT2D eigenvalue weighted by Crippen LogP contribution is -2.70. The second-order valence-corrected chi connectivity index (χ2v) is 18.4. The van der Waals surface area contributed by atoms with Crippen molar-refractivity contribution >= 4 is 25.5 Å². The number of likely N-dealkylation sites (tertiary alicyclic amines) is 1. The van der Waals surface area contributed by atoms with E-state index in [1.165, 1.54) is 5.82 Å². The van der Waals surface area contributed by atoms with Crippen LogP contribution in [-0.2, 0) is 47.2 Å². The molecule has 1 spiro atoms. The Bertz CT molecular complexity index is 1620. The molecule has 1 aromatic carbocycles. The molecule has 6 aliphatic rings. The van der Waals surface area contributed by atoms with E-state index < -0.39 is 73.7 Å². The van der Waals surface area contributed by atoms with Crippen LogP contribution in [0.3, 0.4) is 0 Å². The largest absolute Gasteiger partial charge is 0.465 e. The summed E-state index contributed by atoms with van der Waals surface area (Å²) in [5.41, 5.74) is -0.0659. The number of rotatable bonds is 15. The van der Waals surface area contributed by atoms with E-state index in [1.54, 1.807) is 19.9 Å². The highest BCUT2D eigenvalue weighted by Gasteiger charge is 2.69. The first kappa shape index (κ1) is 42.7. The first-order valence-corrected chi connectivity index (χ1v) is 21.8. The van der Waals surface area contributed by atoms with Crippen LogP contribution in [0.25, 0.3) is 0 Å². The zero-order chi connectivity index (χ0) is 40.4. The number of carbonyl (C=O) groups is 3. The van der Waals surface area contributed by atoms with Crippen LogP contribution in [0, 0.1) is 29.6 Å². The number of ether oxygens (including phenoxy) is 3. The van der Waals surface area contributed by atoms with Crippen LogP contribution < -0.4 is 10.6 Å². The minimum absolute atomic E-state index is 0.00292. The summed E-state index contributed by atoms with van der Waals surface area (Å²) in [6.45, 7) is 13.7. The number of amides is 3. The van der Waals surface area contributed by atoms with Gasteiger partial charge in [0.15, 0.2) is 18.2 Å². The highest BCUT2D eigenvalue weighted by Crippen LogP contribution is 2.60. The SMILES string of the molecule is CCOP(=O)(/C=C/[C@H](NC(=O)[C@H](CC(C)C)NC(=O)[C@@H]1C[C@@H](O[C@H]2O[C@@H]3O[C@@]4(C)CC[C@H]5[C@H](C)CC[C@@H]([C@H]2C)[C@@]35OO4)CN1C(=O)O)c1ccccc1)OCC. The standard InChI is InChI=1S/C40H60N3O12P/c1-8-49-56(48,50-9-2)20-18-31(27-13-11-10-12-14-27)41-34(44)32(21-24(3)4)42-35(45)33-22-28(23-43(33)38(46)47)51-36-26(6)30-16-15-25(5)29-17-19-39(7)53-37(52-36)40(29,30)55-54-39/h10-14,18,20,24-26,28-33,36-37H,8-9,15-17,19,21-23H2,1-7H3,(H,41,44)(H,42,45)(H,46,47)/b20-18+/t25-,26-,28-,29+,30+,31+,32+,33+,36+,37-,39-,40-/m1/s1. The van der Waals surface area contributed by atoms with Crippen molar-refractivity contribution < 1.29 is 57.1 Å². The molecular weight excluding hydrogens is 745 g/mol. The lowest BCUT2D eigenvalue weighted by Gasteiger charge is -2.60. The molecule has 0 aromatic heterocycles. The lowest BCUT2D eigenvalue weighted by molar-refractivity contribution is -0.578. The van der Waals surface area contributed by atoms with Crippen LogP contribution in [-0.4, -0.2) is 89.8 Å². The molecule has 312 valence electrons. The van der Waals surface area contributed by atoms with Gasteiger partial charge in [-0.25, -0.2) is 14.6 Å². The number of nitrogens with zero attached hydrogens (tertiary/aromatic N) is 1. The van der Waals surface area contributed by atoms with Gasteiger partial charge in [0.25, 0.3) is 0 Å². The third kappa shape index (κ3) is 8.90. The van der Waals surface area contributed by atoms with Crippen molar-refractivity contribution in [3.63, 3.8) is 0 Å². The van der Waals surface area contributed by atoms with E-state index >= 15 is 0 Å². The predicted molar refractivity (Wildman–Crippen MR) is 204 cm³/mol. The fourth-order valence-electron chi connectivity index (χ4n) is 9.38. The monoisotopic (exact) mass is 805 g/mol. The fourth-order valence-corrected chi connectivity index (χ4v) is 10.7. The Balaban J connectivity index is 1.16. The number of carboxylic acid groups (broad SMARTS) is 1. The molecule has 1 saturated carbocycles. The molecule has 0 unspecified atom stereocenters. The van der Waals surface area contributed by atoms with Crippen molar-refractivity contribution in [2.24, 2.45) is 29.6 Å². The van der Waals surface area contributed by atoms with Crippen LogP contribution >= 0.6 is 7.60 Å². The van der Waals surface area contributed by atoms with E-state index in [0.717, 1.165) is 24.2 Å². The highest BCUT2D eigenvalue weighted by atomic mass is 31.2. The van der Waals surface area contributed by atoms with Crippen molar-refractivity contribution in [2.75, 3.05) is 19.8 Å². The van der Waals surface area contributed by atoms with Crippen LogP contribution in [0.1, 0.15) is 98.6 Å². The molecule has 7 rings (SSSR count). The van der Waals surface area contributed by atoms with Crippen molar-refractivity contribution in [3.8, 4) is 0 Å². The molecule has 0 radical (unpaired) electrons. The van der Waals surface area contributed by atoms with Gasteiger partial charge in [0.05, 0.1) is 31.9 Å². The molecule has 5 aliphatic heterocycles. The molecule has 16 heteroatoms. The minimum atomic E-state index is -3.59. The number of hydrogen-bond acceptors (Lipinski definition) is 11. The Morgan fingerprint density at radius 3 is 2.41 bits per heavy atom. The van der Waals surface area contributed by atoms with E-state index in [2.05, 4.69) is 24.5 Å². The molecule has 5 saturated heterocycles. The Morgan fingerprint density at radius 2 is 1.75 bits per heavy atom. The first-order valence-electron chi connectivity index (χ1n) is 20.2. The summed E-state index contributed by atoms with van der Waals surface area (Å²) in [5, 5.41) is 16.1. The van der Waals surface area contributed by atoms with Crippen LogP contribution in [0.5, 0.6) is 0 Å². The molecular formula is C40H60N3O12P. The van der Waals surface area contributed by atoms with E-state index in [0.29, 0.717) is 17.9 Å². The van der Waals surface area contributed by atoms with Gasteiger partial charge in [-0.1, -0.05) is 58.0 Å². The van der Waals surface area contributed by atoms with Crippen molar-refractivity contribution in [2.45, 2.75) is 135 Å². The summed E-state index contributed by atoms with van der Waals surface area (Å²) in [6, 6.07) is 6.26. The number of benzene rings is 1. The van der Waals surface area contributed by atoms with Gasteiger partial charge in [-0.3, -0.25) is 19.1 Å². The third-order valence-corrected chi connectivity index (χ3v) is 13.9. The molecule has 1 aromatic rings. The molecule has 3 N–H and O–H groups in total. The molecule has 3 amide bonds. The summed E-state index contributed by atoms with van der Waals surface area (Å²) >= 11 is 0. The predicted octanol–water partition coefficient (Wildman–Crippen LogP) is 6.50. The van der Waals surface area contributed by atoms with Crippen molar-refractivity contribution in [1.29, 1.82) is 0 Å². The second-order valence-electron chi connectivity index (χ2n) is 16.5. The van der Waals surface area contributed by atoms with E-state index in [4.69, 9.17) is 33.0 Å². The van der Waals surface area contributed by atoms with Crippen LogP contribution in [0.15, 0.2) is 42.2 Å². The van der Waals surface area contributed by atoms with Gasteiger partial charge in [-0.15, -0.1) is 0 Å². The maximum absolute atomic E-state index is 14.0. The Hall–Kier alpha value is -2.88. The van der Waals surface area contributed by atoms with E-state index in [1.807, 2.05) is 51.1 Å². The van der Waals surface area contributed by atoms with Gasteiger partial charge < -0.3 is 39.0 Å². The topological polar surface area (TPSA) is 180 Å². The molecule has 56 heavy (non-hydrogen) atoms. The number of carbonyl (C=O) groups excluding carboxylic acids is 2. The Kier molecular flexibility index (Phi) is 13.4. The summed E-state index contributed by atoms with van der Waals surface area (Å²) < 4.78 is 43.7. The van der Waals surface area contributed by atoms with Gasteiger partial charge in [-0.05, 0) is 75.8 Å². The molecule has 2 bridgehead atoms. The van der Waals surface area contributed by atoms with Crippen LogP contribution in [0.4, 0.5) is 4.79 Å². The van der Waals surface area contributed by atoms with Gasteiger partial charge in [0.1, 0.15) is 12.1 Å². The number of fused-ring (bicyclic) bond motifs is 2. The molecule has 15 nitrogen and oxygen atoms in total. The van der Waals surface area contributed by atoms with E-state index in [9.17, 15) is 24.1 Å². The third-order valence-electron chi connectivity index (χ3n) is 12.1. The van der Waals surface area contributed by atoms with Crippen molar-refractivity contribution in [3.05, 3.63) is 47.8 Å². The fraction of sp³-hybridized carbons (Fsp3) is 0.725. The highest BCUT2D eigenvalue weighted by molar-refractivity contribution is 7.57. The Morgan fingerprint density at radius 1 is 1.04 bits per heavy atom. The maximum atomic E-state index is 14.0. The normalized spacial score (nSPS) is 35.2. The summed E-state index contributed by atoms with van der Waals surface area (Å²) in [7, 11) is -3.59. The summed E-state index contributed by atoms with van der Waals surface area (Å²) in [4.78, 5) is 53.8. The minimum Gasteiger partial charge on any atom is -0.465 e. The first-order chi connectivity index (χ1) is 26.6. The lowest BCUT2D eigenvalue weighted by atomic mass is 9.58. The smallest absolute Gasteiger partial charge is 0.408 e. The number of nitrogens with one attached hydrogen (secondary N) is 2. The molecule has 12 atom stereocenters. The van der Waals surface area contributed by atoms with Crippen molar-refractivity contribution in [1.82, 2.24) is 15.5 Å². The Labute approximate surface area is 329 Å². The van der Waals surface area contributed by atoms with Gasteiger partial charge in [-0.2, -0.15) is 0 Å². The van der Waals surface area contributed by atoms with Crippen LogP contribution in [0.2, 0.25) is 0 Å². The zero-order valence-corrected chi connectivity index (χ0v) is 34.5. The number of hydrogen-bond donors (Lipinski definition) is 3. The van der Waals surface area contributed by atoms with Gasteiger partial charge in [0, 0.05) is 30.5 Å². The summed E-state index contributed by atoms with van der Waals surface area (Å²) in [5.74, 6) is -0.248. The van der Waals surface area contributed by atoms with E-state index in [-0.39, 0.29) is 56.3 Å². The molecule has 1 aliphatic carbocycles. The maximum Gasteiger partial charge on any atom is 0.408 e. The average molecular weight is 806 g/mol. The molecule has 5 heterocycles. The van der Waals surface area contributed by atoms with Gasteiger partial charge >= 0.3 is 13.7 Å². The quantitative estimate of drug-likeness (QED) is 0.130. The molecule has 6 fully saturated rings. The second kappa shape index (κ2) is 17.5. The van der Waals surface area contributed by atoms with Gasteiger partial charge in [0.2, 0.25) is 17.6 Å². The summed E-state index contributed by atoms with van der Waals surface area (Å²) in [6.07, 6.45) is 1.98. The zero-order valence-electron chi connectivity index (χ0n) is 33.6.